The highest BCUT2D eigenvalue weighted by atomic mass is 15.2. The van der Waals surface area contributed by atoms with Crippen molar-refractivity contribution in [2.45, 2.75) is 124 Å². The van der Waals surface area contributed by atoms with Crippen molar-refractivity contribution in [3.63, 3.8) is 0 Å². The number of rotatable bonds is 6. The third-order valence-electron chi connectivity index (χ3n) is 14.0. The van der Waals surface area contributed by atoms with E-state index in [1.165, 1.54) is 72.1 Å². The van der Waals surface area contributed by atoms with E-state index in [1.54, 1.807) is 0 Å². The highest BCUT2D eigenvalue weighted by Gasteiger charge is 2.45. The first-order chi connectivity index (χ1) is 28.6. The molecular weight excluding hydrogens is 737 g/mol. The average molecular weight is 801 g/mol. The number of benzene rings is 7. The van der Waals surface area contributed by atoms with Crippen molar-refractivity contribution in [2.24, 2.45) is 0 Å². The molecule has 0 saturated heterocycles. The lowest BCUT2D eigenvalue weighted by atomic mass is 9.68. The van der Waals surface area contributed by atoms with E-state index < -0.39 is 0 Å². The molecule has 2 nitrogen and oxygen atoms in total. The van der Waals surface area contributed by atoms with Crippen LogP contribution in [0.25, 0.3) is 21.9 Å². The fourth-order valence-electron chi connectivity index (χ4n) is 10.2. The van der Waals surface area contributed by atoms with Crippen LogP contribution in [0.15, 0.2) is 133 Å². The third-order valence-corrected chi connectivity index (χ3v) is 14.0. The Bertz CT molecular complexity index is 2760. The Morgan fingerprint density at radius 3 is 1.07 bits per heavy atom. The second-order valence-corrected chi connectivity index (χ2v) is 22.1. The lowest BCUT2D eigenvalue weighted by molar-refractivity contribution is 0.590. The molecule has 0 aliphatic heterocycles. The Hall–Kier alpha value is -5.60. The summed E-state index contributed by atoms with van der Waals surface area (Å²) in [5.74, 6) is 0. The molecule has 7 aromatic rings. The highest BCUT2D eigenvalue weighted by molar-refractivity contribution is 6.10. The summed E-state index contributed by atoms with van der Waals surface area (Å²) in [6.45, 7) is 32.6. The Morgan fingerprint density at radius 2 is 0.689 bits per heavy atom. The molecule has 0 heterocycles. The van der Waals surface area contributed by atoms with Gasteiger partial charge in [-0.2, -0.15) is 0 Å². The van der Waals surface area contributed by atoms with Gasteiger partial charge in [0.2, 0.25) is 0 Å². The van der Waals surface area contributed by atoms with Crippen molar-refractivity contribution in [3.05, 3.63) is 178 Å². The maximum Gasteiger partial charge on any atom is 0.0468 e. The number of anilines is 6. The van der Waals surface area contributed by atoms with Crippen molar-refractivity contribution in [1.82, 2.24) is 0 Å². The SMILES string of the molecule is Cc1cc2c3c4c(cccc14)C(C)(C)c1cc(N(c4ccc(N(c5ccc(C(C)(C)C)cc5)c5ccc(C(C)(C)C)cc5)cc4)c4ccc(C(C)(C)C)cc4)cc(c1-3)C2(C)C. The molecule has 0 saturated carbocycles. The summed E-state index contributed by atoms with van der Waals surface area (Å²) < 4.78 is 0. The van der Waals surface area contributed by atoms with Gasteiger partial charge in [-0.25, -0.2) is 0 Å². The number of hydrogen-bond acceptors (Lipinski definition) is 2. The van der Waals surface area contributed by atoms with Gasteiger partial charge in [0.1, 0.15) is 0 Å². The maximum absolute atomic E-state index is 2.51. The monoisotopic (exact) mass is 801 g/mol. The van der Waals surface area contributed by atoms with Gasteiger partial charge in [-0.1, -0.05) is 151 Å². The average Bonchev–Trinajstić information content (AvgIpc) is 3.43. The number of nitrogens with zero attached hydrogens (tertiary/aromatic N) is 2. The Morgan fingerprint density at radius 1 is 0.361 bits per heavy atom. The van der Waals surface area contributed by atoms with Gasteiger partial charge in [0.15, 0.2) is 0 Å². The zero-order chi connectivity index (χ0) is 43.6. The van der Waals surface area contributed by atoms with Crippen molar-refractivity contribution < 1.29 is 0 Å². The van der Waals surface area contributed by atoms with Crippen molar-refractivity contribution in [2.75, 3.05) is 9.80 Å². The van der Waals surface area contributed by atoms with E-state index in [1.807, 2.05) is 0 Å². The molecule has 0 radical (unpaired) electrons. The van der Waals surface area contributed by atoms with Gasteiger partial charge in [-0.15, -0.1) is 0 Å². The van der Waals surface area contributed by atoms with Crippen molar-refractivity contribution in [3.8, 4) is 11.1 Å². The Kier molecular flexibility index (Phi) is 9.16. The summed E-state index contributed by atoms with van der Waals surface area (Å²) in [6, 6.07) is 51.2. The molecule has 0 unspecified atom stereocenters. The largest absolute Gasteiger partial charge is 0.311 e. The zero-order valence-corrected chi connectivity index (χ0v) is 39.1. The number of aryl methyl sites for hydroxylation is 1. The van der Waals surface area contributed by atoms with Crippen LogP contribution in [0.4, 0.5) is 34.1 Å². The molecule has 0 N–H and O–H groups in total. The number of hydrogen-bond donors (Lipinski definition) is 0. The summed E-state index contributed by atoms with van der Waals surface area (Å²) in [7, 11) is 0. The summed E-state index contributed by atoms with van der Waals surface area (Å²) in [5.41, 5.74) is 20.7. The molecule has 0 atom stereocenters. The van der Waals surface area contributed by atoms with Crippen LogP contribution in [-0.4, -0.2) is 0 Å². The molecule has 61 heavy (non-hydrogen) atoms. The van der Waals surface area contributed by atoms with Crippen molar-refractivity contribution in [1.29, 1.82) is 0 Å². The fraction of sp³-hybridized carbons (Fsp3) is 0.322. The van der Waals surface area contributed by atoms with Crippen LogP contribution in [0.3, 0.4) is 0 Å². The molecule has 0 amide bonds. The van der Waals surface area contributed by atoms with E-state index >= 15 is 0 Å². The van der Waals surface area contributed by atoms with E-state index in [-0.39, 0.29) is 27.1 Å². The van der Waals surface area contributed by atoms with Gasteiger partial charge < -0.3 is 9.80 Å². The van der Waals surface area contributed by atoms with E-state index in [9.17, 15) is 0 Å². The first kappa shape index (κ1) is 40.8. The second-order valence-electron chi connectivity index (χ2n) is 22.1. The third kappa shape index (κ3) is 6.60. The second kappa shape index (κ2) is 13.7. The summed E-state index contributed by atoms with van der Waals surface area (Å²) >= 11 is 0. The first-order valence-electron chi connectivity index (χ1n) is 22.4. The molecular formula is C59H64N2. The van der Waals surface area contributed by atoms with Crippen LogP contribution >= 0.6 is 0 Å². The highest BCUT2D eigenvalue weighted by Crippen LogP contribution is 2.61. The quantitative estimate of drug-likeness (QED) is 0.165. The van der Waals surface area contributed by atoms with E-state index in [4.69, 9.17) is 0 Å². The summed E-state index contributed by atoms with van der Waals surface area (Å²) in [6.07, 6.45) is 0. The fourth-order valence-corrected chi connectivity index (χ4v) is 10.2. The Labute approximate surface area is 366 Å². The predicted molar refractivity (Wildman–Crippen MR) is 264 cm³/mol. The van der Waals surface area contributed by atoms with Crippen LogP contribution in [-0.2, 0) is 27.1 Å². The minimum absolute atomic E-state index is 0.0546. The topological polar surface area (TPSA) is 6.48 Å². The molecule has 9 rings (SSSR count). The minimum Gasteiger partial charge on any atom is -0.311 e. The molecule has 7 aromatic carbocycles. The molecule has 0 fully saturated rings. The molecule has 0 bridgehead atoms. The lowest BCUT2D eigenvalue weighted by Crippen LogP contribution is -2.25. The van der Waals surface area contributed by atoms with Crippen LogP contribution in [0, 0.1) is 6.92 Å². The van der Waals surface area contributed by atoms with Gasteiger partial charge in [-0.3, -0.25) is 0 Å². The molecule has 0 spiro atoms. The van der Waals surface area contributed by atoms with Gasteiger partial charge in [0.05, 0.1) is 0 Å². The van der Waals surface area contributed by atoms with Gasteiger partial charge in [0.25, 0.3) is 0 Å². The maximum atomic E-state index is 2.51. The lowest BCUT2D eigenvalue weighted by Gasteiger charge is -2.37. The van der Waals surface area contributed by atoms with Crippen LogP contribution in [0.5, 0.6) is 0 Å². The van der Waals surface area contributed by atoms with Gasteiger partial charge in [0, 0.05) is 45.0 Å². The smallest absolute Gasteiger partial charge is 0.0468 e. The standard InChI is InChI=1S/C59H64N2/c1-37-34-49-54-52-47(37)16-15-17-48(52)58(11,12)50-35-46(36-51(53(50)54)59(49,13)14)61(43-28-22-40(23-29-43)57(8,9)10)45-32-30-44(31-33-45)60(41-24-18-38(19-25-41)55(2,3)4)42-26-20-39(21-27-42)56(5,6)7/h15-36H,1-14H3. The Balaban J connectivity index is 1.22. The molecule has 2 aliphatic carbocycles. The molecule has 0 aromatic heterocycles. The van der Waals surface area contributed by atoms with Crippen LogP contribution < -0.4 is 9.80 Å². The summed E-state index contributed by atoms with van der Waals surface area (Å²) in [5, 5.41) is 2.83. The molecule has 2 aliphatic rings. The van der Waals surface area contributed by atoms with Crippen molar-refractivity contribution >= 4 is 44.9 Å². The molecule has 2 heteroatoms. The van der Waals surface area contributed by atoms with E-state index in [0.717, 1.165) is 28.4 Å². The minimum atomic E-state index is -0.185. The summed E-state index contributed by atoms with van der Waals surface area (Å²) in [4.78, 5) is 4.89. The van der Waals surface area contributed by atoms with E-state index in [0.29, 0.717) is 0 Å². The van der Waals surface area contributed by atoms with Gasteiger partial charge >= 0.3 is 0 Å². The first-order valence-corrected chi connectivity index (χ1v) is 22.4. The van der Waals surface area contributed by atoms with Crippen LogP contribution in [0.1, 0.15) is 135 Å². The zero-order valence-electron chi connectivity index (χ0n) is 39.1. The van der Waals surface area contributed by atoms with Gasteiger partial charge in [-0.05, 0) is 162 Å². The van der Waals surface area contributed by atoms with E-state index in [2.05, 4.69) is 240 Å². The van der Waals surface area contributed by atoms with Crippen LogP contribution in [0.2, 0.25) is 0 Å². The molecule has 310 valence electrons. The predicted octanol–water partition coefficient (Wildman–Crippen LogP) is 16.9. The normalized spacial score (nSPS) is 15.0.